The predicted octanol–water partition coefficient (Wildman–Crippen LogP) is 4.26. The lowest BCUT2D eigenvalue weighted by atomic mass is 10.1. The quantitative estimate of drug-likeness (QED) is 0.661. The Balaban J connectivity index is 1.87. The number of aromatic nitrogens is 3. The standard InChI is InChI=1S/C19H18F3N5O2/c1-11(2)27-14(9-10-24-27)18(28)26-16-8-7-13(17(23)25-16)12-5-3-4-6-15(12)29-19(20,21)22/h3-11H,1-2H3,(H3,23,25,26,28). The average molecular weight is 405 g/mol. The second-order valence-corrected chi connectivity index (χ2v) is 6.38. The maximum Gasteiger partial charge on any atom is 0.573 e. The van der Waals surface area contributed by atoms with Crippen molar-refractivity contribution in [3.63, 3.8) is 0 Å². The van der Waals surface area contributed by atoms with E-state index in [4.69, 9.17) is 5.73 Å². The Morgan fingerprint density at radius 3 is 2.52 bits per heavy atom. The molecule has 3 aromatic rings. The zero-order valence-electron chi connectivity index (χ0n) is 15.6. The van der Waals surface area contributed by atoms with E-state index in [-0.39, 0.29) is 28.8 Å². The number of nitrogens with zero attached hydrogens (tertiary/aromatic N) is 3. The van der Waals surface area contributed by atoms with Gasteiger partial charge < -0.3 is 15.8 Å². The van der Waals surface area contributed by atoms with Crippen LogP contribution in [0.25, 0.3) is 11.1 Å². The normalized spacial score (nSPS) is 11.5. The van der Waals surface area contributed by atoms with Gasteiger partial charge in [-0.1, -0.05) is 18.2 Å². The van der Waals surface area contributed by atoms with E-state index >= 15 is 0 Å². The van der Waals surface area contributed by atoms with Gasteiger partial charge in [0.15, 0.2) is 0 Å². The molecule has 7 nitrogen and oxygen atoms in total. The number of alkyl halides is 3. The number of para-hydroxylation sites is 1. The summed E-state index contributed by atoms with van der Waals surface area (Å²) in [5.74, 6) is -0.733. The van der Waals surface area contributed by atoms with Gasteiger partial charge in [-0.15, -0.1) is 13.2 Å². The fraction of sp³-hybridized carbons (Fsp3) is 0.211. The van der Waals surface area contributed by atoms with Gasteiger partial charge in [-0.2, -0.15) is 5.10 Å². The van der Waals surface area contributed by atoms with Crippen molar-refractivity contribution in [2.75, 3.05) is 11.1 Å². The fourth-order valence-electron chi connectivity index (χ4n) is 2.76. The van der Waals surface area contributed by atoms with Crippen LogP contribution in [0.4, 0.5) is 24.8 Å². The van der Waals surface area contributed by atoms with Gasteiger partial charge in [-0.05, 0) is 38.1 Å². The van der Waals surface area contributed by atoms with E-state index in [2.05, 4.69) is 20.1 Å². The van der Waals surface area contributed by atoms with Crippen LogP contribution in [0, 0.1) is 0 Å². The van der Waals surface area contributed by atoms with E-state index in [0.717, 1.165) is 0 Å². The molecule has 152 valence electrons. The van der Waals surface area contributed by atoms with Crippen molar-refractivity contribution in [1.29, 1.82) is 0 Å². The fourth-order valence-corrected chi connectivity index (χ4v) is 2.76. The van der Waals surface area contributed by atoms with Crippen molar-refractivity contribution < 1.29 is 22.7 Å². The lowest BCUT2D eigenvalue weighted by molar-refractivity contribution is -0.274. The smallest absolute Gasteiger partial charge is 0.405 e. The zero-order chi connectivity index (χ0) is 21.2. The number of halogens is 3. The molecule has 10 heteroatoms. The highest BCUT2D eigenvalue weighted by Gasteiger charge is 2.32. The molecule has 0 unspecified atom stereocenters. The number of amides is 1. The Bertz CT molecular complexity index is 1030. The lowest BCUT2D eigenvalue weighted by Crippen LogP contribution is -2.19. The number of rotatable bonds is 5. The van der Waals surface area contributed by atoms with Crippen molar-refractivity contribution in [3.8, 4) is 16.9 Å². The van der Waals surface area contributed by atoms with Crippen LogP contribution in [0.5, 0.6) is 5.75 Å². The summed E-state index contributed by atoms with van der Waals surface area (Å²) in [6.07, 6.45) is -3.33. The van der Waals surface area contributed by atoms with Crippen LogP contribution in [0.3, 0.4) is 0 Å². The maximum absolute atomic E-state index is 12.6. The Labute approximate surface area is 164 Å². The van der Waals surface area contributed by atoms with Gasteiger partial charge in [0.2, 0.25) is 0 Å². The number of hydrogen-bond donors (Lipinski definition) is 2. The number of nitrogens with one attached hydrogen (secondary N) is 1. The molecule has 0 saturated carbocycles. The third-order valence-corrected chi connectivity index (χ3v) is 3.96. The average Bonchev–Trinajstić information content (AvgIpc) is 3.12. The number of carbonyl (C=O) groups is 1. The summed E-state index contributed by atoms with van der Waals surface area (Å²) < 4.78 is 43.5. The monoisotopic (exact) mass is 405 g/mol. The number of anilines is 2. The van der Waals surface area contributed by atoms with Gasteiger partial charge in [0.05, 0.1) is 0 Å². The molecule has 0 spiro atoms. The van der Waals surface area contributed by atoms with Crippen LogP contribution >= 0.6 is 0 Å². The van der Waals surface area contributed by atoms with Crippen molar-refractivity contribution in [1.82, 2.24) is 14.8 Å². The van der Waals surface area contributed by atoms with Crippen LogP contribution in [0.1, 0.15) is 30.4 Å². The summed E-state index contributed by atoms with van der Waals surface area (Å²) >= 11 is 0. The van der Waals surface area contributed by atoms with E-state index < -0.39 is 18.0 Å². The summed E-state index contributed by atoms with van der Waals surface area (Å²) in [5, 5.41) is 6.70. The van der Waals surface area contributed by atoms with Crippen LogP contribution in [0.2, 0.25) is 0 Å². The molecule has 0 atom stereocenters. The zero-order valence-corrected chi connectivity index (χ0v) is 15.6. The van der Waals surface area contributed by atoms with Gasteiger partial charge in [0.1, 0.15) is 23.1 Å². The second-order valence-electron chi connectivity index (χ2n) is 6.38. The SMILES string of the molecule is CC(C)n1nccc1C(=O)Nc1ccc(-c2ccccc2OC(F)(F)F)c(N)n1. The highest BCUT2D eigenvalue weighted by atomic mass is 19.4. The summed E-state index contributed by atoms with van der Waals surface area (Å²) in [5.41, 5.74) is 6.66. The topological polar surface area (TPSA) is 95.1 Å². The molecule has 2 heterocycles. The minimum absolute atomic E-state index is 0.0173. The molecule has 3 N–H and O–H groups in total. The Hall–Kier alpha value is -3.56. The molecule has 29 heavy (non-hydrogen) atoms. The molecule has 0 radical (unpaired) electrons. The largest absolute Gasteiger partial charge is 0.573 e. The van der Waals surface area contributed by atoms with Crippen LogP contribution in [0.15, 0.2) is 48.7 Å². The third kappa shape index (κ3) is 4.65. The molecule has 0 aliphatic rings. The van der Waals surface area contributed by atoms with E-state index in [1.165, 1.54) is 36.5 Å². The van der Waals surface area contributed by atoms with Crippen LogP contribution < -0.4 is 15.8 Å². The van der Waals surface area contributed by atoms with Gasteiger partial charge >= 0.3 is 6.36 Å². The van der Waals surface area contributed by atoms with Crippen LogP contribution in [-0.2, 0) is 0 Å². The molecular formula is C19H18F3N5O2. The van der Waals surface area contributed by atoms with Crippen molar-refractivity contribution in [3.05, 3.63) is 54.4 Å². The summed E-state index contributed by atoms with van der Waals surface area (Å²) in [6, 6.07) is 10.1. The highest BCUT2D eigenvalue weighted by Crippen LogP contribution is 2.36. The molecule has 0 saturated heterocycles. The predicted molar refractivity (Wildman–Crippen MR) is 101 cm³/mol. The number of nitrogen functional groups attached to an aromatic ring is 1. The van der Waals surface area contributed by atoms with E-state index in [0.29, 0.717) is 5.69 Å². The number of benzene rings is 1. The highest BCUT2D eigenvalue weighted by molar-refractivity contribution is 6.02. The number of hydrogen-bond acceptors (Lipinski definition) is 5. The Morgan fingerprint density at radius 1 is 1.14 bits per heavy atom. The minimum atomic E-state index is -4.84. The number of carbonyl (C=O) groups excluding carboxylic acids is 1. The number of pyridine rings is 1. The van der Waals surface area contributed by atoms with Gasteiger partial charge in [0, 0.05) is 23.4 Å². The van der Waals surface area contributed by atoms with Gasteiger partial charge in [0.25, 0.3) is 5.91 Å². The lowest BCUT2D eigenvalue weighted by Gasteiger charge is -2.15. The van der Waals surface area contributed by atoms with Gasteiger partial charge in [-0.3, -0.25) is 9.48 Å². The molecule has 0 fully saturated rings. The molecule has 0 bridgehead atoms. The number of nitrogens with two attached hydrogens (primary N) is 1. The maximum atomic E-state index is 12.6. The molecule has 1 amide bonds. The Morgan fingerprint density at radius 2 is 1.86 bits per heavy atom. The summed E-state index contributed by atoms with van der Waals surface area (Å²) in [7, 11) is 0. The first-order valence-electron chi connectivity index (χ1n) is 8.62. The first-order valence-corrected chi connectivity index (χ1v) is 8.62. The molecule has 2 aromatic heterocycles. The van der Waals surface area contributed by atoms with Crippen LogP contribution in [-0.4, -0.2) is 27.0 Å². The molecular weight excluding hydrogens is 387 g/mol. The van der Waals surface area contributed by atoms with Crippen molar-refractivity contribution in [2.45, 2.75) is 26.3 Å². The van der Waals surface area contributed by atoms with E-state index in [9.17, 15) is 18.0 Å². The second kappa shape index (κ2) is 7.82. The van der Waals surface area contributed by atoms with Gasteiger partial charge in [-0.25, -0.2) is 4.98 Å². The minimum Gasteiger partial charge on any atom is -0.405 e. The first-order chi connectivity index (χ1) is 13.7. The number of ether oxygens (including phenoxy) is 1. The van der Waals surface area contributed by atoms with Crippen molar-refractivity contribution >= 4 is 17.5 Å². The summed E-state index contributed by atoms with van der Waals surface area (Å²) in [4.78, 5) is 16.6. The third-order valence-electron chi connectivity index (χ3n) is 3.96. The Kier molecular flexibility index (Phi) is 5.44. The summed E-state index contributed by atoms with van der Waals surface area (Å²) in [6.45, 7) is 3.77. The van der Waals surface area contributed by atoms with Crippen molar-refractivity contribution in [2.24, 2.45) is 0 Å². The first kappa shape index (κ1) is 20.2. The molecule has 0 aliphatic carbocycles. The van der Waals surface area contributed by atoms with E-state index in [1.54, 1.807) is 16.8 Å². The molecule has 0 aliphatic heterocycles. The molecule has 1 aromatic carbocycles. The van der Waals surface area contributed by atoms with E-state index in [1.807, 2.05) is 13.8 Å². The molecule has 3 rings (SSSR count).